The van der Waals surface area contributed by atoms with Crippen LogP contribution in [0, 0.1) is 0 Å². The fraction of sp³-hybridized carbons (Fsp3) is 0.385. The molecule has 2 N–H and O–H groups in total. The van der Waals surface area contributed by atoms with Gasteiger partial charge in [0.25, 0.3) is 0 Å². The van der Waals surface area contributed by atoms with Crippen molar-refractivity contribution < 1.29 is 19.4 Å². The number of ether oxygens (including phenoxy) is 1. The van der Waals surface area contributed by atoms with Gasteiger partial charge in [-0.15, -0.1) is 0 Å². The van der Waals surface area contributed by atoms with Crippen LogP contribution in [0.5, 0.6) is 5.75 Å². The van der Waals surface area contributed by atoms with Gasteiger partial charge in [0, 0.05) is 0 Å². The minimum atomic E-state index is -1.04. The molecular weight excluding hydrogens is 270 g/mol. The average Bonchev–Trinajstić information content (AvgIpc) is 2.38. The Hall–Kier alpha value is -1.75. The molecule has 1 aromatic rings. The molecule has 6 heteroatoms. The van der Waals surface area contributed by atoms with Gasteiger partial charge in [-0.2, -0.15) is 0 Å². The Labute approximate surface area is 116 Å². The number of hydrogen-bond acceptors (Lipinski definition) is 3. The largest absolute Gasteiger partial charge is 0.491 e. The number of carbonyl (C=O) groups excluding carboxylic acids is 1. The van der Waals surface area contributed by atoms with Crippen molar-refractivity contribution in [1.29, 1.82) is 0 Å². The van der Waals surface area contributed by atoms with Crippen molar-refractivity contribution in [2.24, 2.45) is 0 Å². The second-order valence-corrected chi connectivity index (χ2v) is 4.30. The Morgan fingerprint density at radius 1 is 1.42 bits per heavy atom. The standard InChI is InChI=1S/C13H16ClNO4/c1-2-10(13(17)18)15-12(16)7-8-19-11-6-4-3-5-9(11)14/h3-6,10H,2,7-8H2,1H3,(H,15,16)(H,17,18). The van der Waals surface area contributed by atoms with Gasteiger partial charge in [-0.25, -0.2) is 4.79 Å². The van der Waals surface area contributed by atoms with Crippen LogP contribution in [-0.2, 0) is 9.59 Å². The Balaban J connectivity index is 2.35. The number of halogens is 1. The molecule has 0 fully saturated rings. The second-order valence-electron chi connectivity index (χ2n) is 3.90. The molecule has 0 radical (unpaired) electrons. The molecule has 1 unspecified atom stereocenters. The third-order valence-corrected chi connectivity index (χ3v) is 2.78. The summed E-state index contributed by atoms with van der Waals surface area (Å²) in [5.74, 6) is -0.897. The topological polar surface area (TPSA) is 75.6 Å². The van der Waals surface area contributed by atoms with Gasteiger partial charge >= 0.3 is 5.97 Å². The third-order valence-electron chi connectivity index (χ3n) is 2.46. The van der Waals surface area contributed by atoms with E-state index >= 15 is 0 Å². The van der Waals surface area contributed by atoms with Crippen molar-refractivity contribution >= 4 is 23.5 Å². The highest BCUT2D eigenvalue weighted by Gasteiger charge is 2.17. The van der Waals surface area contributed by atoms with Gasteiger partial charge in [-0.05, 0) is 18.6 Å². The number of hydrogen-bond donors (Lipinski definition) is 2. The highest BCUT2D eigenvalue weighted by Crippen LogP contribution is 2.22. The molecule has 5 nitrogen and oxygen atoms in total. The highest BCUT2D eigenvalue weighted by atomic mass is 35.5. The summed E-state index contributed by atoms with van der Waals surface area (Å²) in [7, 11) is 0. The lowest BCUT2D eigenvalue weighted by Crippen LogP contribution is -2.40. The lowest BCUT2D eigenvalue weighted by Gasteiger charge is -2.12. The quantitative estimate of drug-likeness (QED) is 0.804. The molecule has 1 aromatic carbocycles. The molecule has 0 aliphatic carbocycles. The normalized spacial score (nSPS) is 11.7. The molecule has 1 atom stereocenters. The van der Waals surface area contributed by atoms with Gasteiger partial charge < -0.3 is 15.2 Å². The highest BCUT2D eigenvalue weighted by molar-refractivity contribution is 6.32. The summed E-state index contributed by atoms with van der Waals surface area (Å²) < 4.78 is 5.34. The van der Waals surface area contributed by atoms with Crippen molar-refractivity contribution in [3.05, 3.63) is 29.3 Å². The van der Waals surface area contributed by atoms with Crippen LogP contribution in [0.25, 0.3) is 0 Å². The van der Waals surface area contributed by atoms with E-state index in [-0.39, 0.29) is 18.9 Å². The number of nitrogens with one attached hydrogen (secondary N) is 1. The average molecular weight is 286 g/mol. The first-order valence-electron chi connectivity index (χ1n) is 5.94. The molecule has 104 valence electrons. The lowest BCUT2D eigenvalue weighted by molar-refractivity contribution is -0.142. The van der Waals surface area contributed by atoms with E-state index in [1.165, 1.54) is 0 Å². The second kappa shape index (κ2) is 7.63. The minimum absolute atomic E-state index is 0.0784. The fourth-order valence-corrected chi connectivity index (χ4v) is 1.61. The van der Waals surface area contributed by atoms with Gasteiger partial charge in [-0.1, -0.05) is 30.7 Å². The third kappa shape index (κ3) is 5.18. The molecular formula is C13H16ClNO4. The number of benzene rings is 1. The number of carbonyl (C=O) groups is 2. The van der Waals surface area contributed by atoms with E-state index in [1.54, 1.807) is 31.2 Å². The Morgan fingerprint density at radius 3 is 2.68 bits per heavy atom. The first kappa shape index (κ1) is 15.3. The van der Waals surface area contributed by atoms with Crippen molar-refractivity contribution in [2.75, 3.05) is 6.61 Å². The van der Waals surface area contributed by atoms with E-state index in [1.807, 2.05) is 0 Å². The molecule has 0 aromatic heterocycles. The number of carboxylic acids is 1. The summed E-state index contributed by atoms with van der Waals surface area (Å²) in [6.07, 6.45) is 0.418. The maximum absolute atomic E-state index is 11.5. The number of aliphatic carboxylic acids is 1. The fourth-order valence-electron chi connectivity index (χ4n) is 1.42. The van der Waals surface area contributed by atoms with Crippen molar-refractivity contribution in [3.8, 4) is 5.75 Å². The van der Waals surface area contributed by atoms with E-state index in [0.29, 0.717) is 17.2 Å². The van der Waals surface area contributed by atoms with Crippen LogP contribution in [0.15, 0.2) is 24.3 Å². The number of amides is 1. The van der Waals surface area contributed by atoms with E-state index in [4.69, 9.17) is 21.4 Å². The zero-order valence-electron chi connectivity index (χ0n) is 10.6. The van der Waals surface area contributed by atoms with E-state index in [9.17, 15) is 9.59 Å². The minimum Gasteiger partial charge on any atom is -0.491 e. The van der Waals surface area contributed by atoms with Gasteiger partial charge in [0.2, 0.25) is 5.91 Å². The zero-order chi connectivity index (χ0) is 14.3. The molecule has 1 rings (SSSR count). The van der Waals surface area contributed by atoms with Gasteiger partial charge in [0.15, 0.2) is 0 Å². The summed E-state index contributed by atoms with van der Waals surface area (Å²) >= 11 is 5.88. The van der Waals surface area contributed by atoms with Crippen molar-refractivity contribution in [1.82, 2.24) is 5.32 Å². The van der Waals surface area contributed by atoms with E-state index in [2.05, 4.69) is 5.32 Å². The Bertz CT molecular complexity index is 450. The maximum atomic E-state index is 11.5. The molecule has 19 heavy (non-hydrogen) atoms. The number of para-hydroxylation sites is 1. The van der Waals surface area contributed by atoms with Crippen LogP contribution < -0.4 is 10.1 Å². The number of rotatable bonds is 7. The SMILES string of the molecule is CCC(NC(=O)CCOc1ccccc1Cl)C(=O)O. The molecule has 0 saturated heterocycles. The summed E-state index contributed by atoms with van der Waals surface area (Å²) in [4.78, 5) is 22.2. The summed E-state index contributed by atoms with van der Waals surface area (Å²) in [5, 5.41) is 11.7. The Morgan fingerprint density at radius 2 is 2.11 bits per heavy atom. The van der Waals surface area contributed by atoms with E-state index in [0.717, 1.165) is 0 Å². The Kier molecular flexibility index (Phi) is 6.15. The summed E-state index contributed by atoms with van der Waals surface area (Å²) in [6, 6.07) is 6.09. The molecule has 0 bridgehead atoms. The predicted molar refractivity (Wildman–Crippen MR) is 71.4 cm³/mol. The maximum Gasteiger partial charge on any atom is 0.326 e. The predicted octanol–water partition coefficient (Wildman–Crippen LogP) is 2.09. The monoisotopic (exact) mass is 285 g/mol. The van der Waals surface area contributed by atoms with E-state index < -0.39 is 12.0 Å². The van der Waals surface area contributed by atoms with Gasteiger partial charge in [0.05, 0.1) is 18.1 Å². The van der Waals surface area contributed by atoms with Crippen LogP contribution in [-0.4, -0.2) is 29.6 Å². The number of carboxylic acid groups (broad SMARTS) is 1. The van der Waals surface area contributed by atoms with Crippen LogP contribution in [0.1, 0.15) is 19.8 Å². The van der Waals surface area contributed by atoms with Crippen molar-refractivity contribution in [3.63, 3.8) is 0 Å². The molecule has 0 aliphatic rings. The van der Waals surface area contributed by atoms with Gasteiger partial charge in [-0.3, -0.25) is 4.79 Å². The smallest absolute Gasteiger partial charge is 0.326 e. The molecule has 1 amide bonds. The molecule has 0 spiro atoms. The van der Waals surface area contributed by atoms with Crippen LogP contribution in [0.2, 0.25) is 5.02 Å². The van der Waals surface area contributed by atoms with Gasteiger partial charge in [0.1, 0.15) is 11.8 Å². The molecule has 0 saturated carbocycles. The summed E-state index contributed by atoms with van der Waals surface area (Å²) in [6.45, 7) is 1.84. The van der Waals surface area contributed by atoms with Crippen molar-refractivity contribution in [2.45, 2.75) is 25.8 Å². The zero-order valence-corrected chi connectivity index (χ0v) is 11.3. The van der Waals surface area contributed by atoms with Crippen LogP contribution in [0.3, 0.4) is 0 Å². The first-order valence-corrected chi connectivity index (χ1v) is 6.32. The first-order chi connectivity index (χ1) is 9.04. The van der Waals surface area contributed by atoms with Crippen LogP contribution >= 0.6 is 11.6 Å². The summed E-state index contributed by atoms with van der Waals surface area (Å²) in [5.41, 5.74) is 0. The molecule has 0 aliphatic heterocycles. The van der Waals surface area contributed by atoms with Crippen LogP contribution in [0.4, 0.5) is 0 Å². The lowest BCUT2D eigenvalue weighted by atomic mass is 10.2. The molecule has 0 heterocycles.